The molecular formula is C25H26FN3O5S. The Kier molecular flexibility index (Phi) is 8.56. The van der Waals surface area contributed by atoms with E-state index in [9.17, 15) is 17.6 Å². The van der Waals surface area contributed by atoms with Gasteiger partial charge in [0.05, 0.1) is 31.9 Å². The smallest absolute Gasteiger partial charge is 0.255 e. The Bertz CT molecular complexity index is 1310. The van der Waals surface area contributed by atoms with Crippen molar-refractivity contribution in [2.75, 3.05) is 20.8 Å². The molecule has 0 saturated heterocycles. The van der Waals surface area contributed by atoms with E-state index in [1.807, 2.05) is 6.92 Å². The van der Waals surface area contributed by atoms with Crippen LogP contribution in [0.2, 0.25) is 0 Å². The minimum Gasteiger partial charge on any atom is -0.497 e. The van der Waals surface area contributed by atoms with E-state index in [2.05, 4.69) is 10.5 Å². The minimum atomic E-state index is -4.10. The number of hydrogen-bond donors (Lipinski definition) is 1. The lowest BCUT2D eigenvalue weighted by atomic mass is 10.2. The Balaban J connectivity index is 1.80. The third-order valence-electron chi connectivity index (χ3n) is 5.12. The van der Waals surface area contributed by atoms with E-state index >= 15 is 0 Å². The number of sulfonamides is 1. The van der Waals surface area contributed by atoms with Gasteiger partial charge < -0.3 is 9.47 Å². The maximum absolute atomic E-state index is 14.3. The number of nitrogens with zero attached hydrogens (tertiary/aromatic N) is 2. The Morgan fingerprint density at radius 3 is 2.43 bits per heavy atom. The largest absolute Gasteiger partial charge is 0.497 e. The number of nitrogens with one attached hydrogen (secondary N) is 1. The van der Waals surface area contributed by atoms with E-state index in [-0.39, 0.29) is 17.0 Å². The van der Waals surface area contributed by atoms with Gasteiger partial charge >= 0.3 is 0 Å². The number of amides is 1. The molecule has 0 atom stereocenters. The Labute approximate surface area is 204 Å². The molecule has 0 unspecified atom stereocenters. The summed E-state index contributed by atoms with van der Waals surface area (Å²) in [5.74, 6) is -0.194. The number of hydrogen-bond acceptors (Lipinski definition) is 6. The monoisotopic (exact) mass is 499 g/mol. The maximum atomic E-state index is 14.3. The first-order chi connectivity index (χ1) is 16.7. The van der Waals surface area contributed by atoms with Crippen molar-refractivity contribution >= 4 is 22.1 Å². The molecule has 0 bridgehead atoms. The van der Waals surface area contributed by atoms with Gasteiger partial charge in [-0.2, -0.15) is 9.41 Å². The second-order valence-corrected chi connectivity index (χ2v) is 9.52. The van der Waals surface area contributed by atoms with Gasteiger partial charge in [-0.1, -0.05) is 35.9 Å². The van der Waals surface area contributed by atoms with Crippen LogP contribution < -0.4 is 14.9 Å². The number of halogens is 1. The van der Waals surface area contributed by atoms with Gasteiger partial charge in [0.15, 0.2) is 0 Å². The normalized spacial score (nSPS) is 11.6. The summed E-state index contributed by atoms with van der Waals surface area (Å²) in [6.45, 7) is 0.935. The molecular weight excluding hydrogens is 473 g/mol. The van der Waals surface area contributed by atoms with Gasteiger partial charge in [-0.05, 0) is 37.3 Å². The molecule has 3 rings (SSSR count). The lowest BCUT2D eigenvalue weighted by Gasteiger charge is -2.22. The fourth-order valence-corrected chi connectivity index (χ4v) is 4.57. The number of hydrazone groups is 1. The molecule has 0 aliphatic rings. The van der Waals surface area contributed by atoms with Crippen LogP contribution in [-0.2, 0) is 21.4 Å². The van der Waals surface area contributed by atoms with E-state index in [0.29, 0.717) is 17.1 Å². The highest BCUT2D eigenvalue weighted by Gasteiger charge is 2.27. The van der Waals surface area contributed by atoms with Crippen LogP contribution in [0.25, 0.3) is 0 Å². The van der Waals surface area contributed by atoms with E-state index in [4.69, 9.17) is 9.47 Å². The Hall–Kier alpha value is -3.76. The minimum absolute atomic E-state index is 0.00119. The number of carbonyl (C=O) groups excluding carboxylic acids is 1. The number of methoxy groups -OCH3 is 2. The summed E-state index contributed by atoms with van der Waals surface area (Å²) >= 11 is 0. The highest BCUT2D eigenvalue weighted by Crippen LogP contribution is 2.23. The number of aryl methyl sites for hydroxylation is 1. The van der Waals surface area contributed by atoms with Crippen LogP contribution in [0.1, 0.15) is 16.7 Å². The lowest BCUT2D eigenvalue weighted by molar-refractivity contribution is -0.121. The molecule has 10 heteroatoms. The van der Waals surface area contributed by atoms with Gasteiger partial charge in [-0.3, -0.25) is 4.79 Å². The number of carbonyl (C=O) groups is 1. The topological polar surface area (TPSA) is 97.3 Å². The van der Waals surface area contributed by atoms with Crippen molar-refractivity contribution in [3.8, 4) is 11.5 Å². The molecule has 0 radical (unpaired) electrons. The zero-order chi connectivity index (χ0) is 25.4. The zero-order valence-electron chi connectivity index (χ0n) is 19.6. The second kappa shape index (κ2) is 11.6. The predicted octanol–water partition coefficient (Wildman–Crippen LogP) is 3.49. The standard InChI is InChI=1S/C25H26FN3O5S/c1-18-8-12-22(13-9-18)35(31,32)29(16-20-6-4-5-7-23(20)26)17-25(30)28-27-15-19-10-11-21(33-2)14-24(19)34-3/h4-15H,16-17H2,1-3H3,(H,28,30)/b27-15-. The molecule has 0 heterocycles. The molecule has 0 aliphatic heterocycles. The van der Waals surface area contributed by atoms with E-state index < -0.39 is 28.3 Å². The van der Waals surface area contributed by atoms with Gasteiger partial charge in [-0.15, -0.1) is 0 Å². The molecule has 8 nitrogen and oxygen atoms in total. The predicted molar refractivity (Wildman–Crippen MR) is 130 cm³/mol. The average Bonchev–Trinajstić information content (AvgIpc) is 2.85. The highest BCUT2D eigenvalue weighted by molar-refractivity contribution is 7.89. The van der Waals surface area contributed by atoms with E-state index in [1.165, 1.54) is 50.8 Å². The molecule has 184 valence electrons. The van der Waals surface area contributed by atoms with Crippen LogP contribution in [0.3, 0.4) is 0 Å². The summed E-state index contributed by atoms with van der Waals surface area (Å²) in [7, 11) is -1.09. The van der Waals surface area contributed by atoms with E-state index in [1.54, 1.807) is 36.4 Å². The molecule has 3 aromatic carbocycles. The second-order valence-electron chi connectivity index (χ2n) is 7.58. The zero-order valence-corrected chi connectivity index (χ0v) is 20.4. The van der Waals surface area contributed by atoms with E-state index in [0.717, 1.165) is 9.87 Å². The number of rotatable bonds is 10. The SMILES string of the molecule is COc1ccc(/C=N\NC(=O)CN(Cc2ccccc2F)S(=O)(=O)c2ccc(C)cc2)c(OC)c1. The van der Waals surface area contributed by atoms with Crippen molar-refractivity contribution in [2.45, 2.75) is 18.4 Å². The number of ether oxygens (including phenoxy) is 2. The van der Waals surface area contributed by atoms with Crippen molar-refractivity contribution in [3.63, 3.8) is 0 Å². The van der Waals surface area contributed by atoms with Gasteiger partial charge in [0.1, 0.15) is 17.3 Å². The van der Waals surface area contributed by atoms with Crippen LogP contribution in [0.15, 0.2) is 76.7 Å². The summed E-state index contributed by atoms with van der Waals surface area (Å²) in [5.41, 5.74) is 3.91. The molecule has 1 amide bonds. The van der Waals surface area contributed by atoms with Gasteiger partial charge in [0.25, 0.3) is 5.91 Å². The fraction of sp³-hybridized carbons (Fsp3) is 0.200. The molecule has 3 aromatic rings. The molecule has 0 aliphatic carbocycles. The maximum Gasteiger partial charge on any atom is 0.255 e. The van der Waals surface area contributed by atoms with Crippen LogP contribution in [0, 0.1) is 12.7 Å². The fourth-order valence-electron chi connectivity index (χ4n) is 3.20. The third kappa shape index (κ3) is 6.65. The van der Waals surface area contributed by atoms with Crippen LogP contribution in [0.5, 0.6) is 11.5 Å². The lowest BCUT2D eigenvalue weighted by Crippen LogP contribution is -2.39. The average molecular weight is 500 g/mol. The summed E-state index contributed by atoms with van der Waals surface area (Å²) in [5, 5.41) is 3.91. The first kappa shape index (κ1) is 25.9. The molecule has 0 saturated carbocycles. The quantitative estimate of drug-likeness (QED) is 0.340. The van der Waals surface area contributed by atoms with Gasteiger partial charge in [0, 0.05) is 23.7 Å². The summed E-state index contributed by atoms with van der Waals surface area (Å²) in [6, 6.07) is 17.1. The Morgan fingerprint density at radius 1 is 1.06 bits per heavy atom. The molecule has 35 heavy (non-hydrogen) atoms. The van der Waals surface area contributed by atoms with Crippen LogP contribution >= 0.6 is 0 Å². The van der Waals surface area contributed by atoms with Crippen molar-refractivity contribution in [3.05, 3.63) is 89.2 Å². The Morgan fingerprint density at radius 2 is 1.77 bits per heavy atom. The van der Waals surface area contributed by atoms with Crippen LogP contribution in [-0.4, -0.2) is 45.6 Å². The summed E-state index contributed by atoms with van der Waals surface area (Å²) in [6.07, 6.45) is 1.37. The summed E-state index contributed by atoms with van der Waals surface area (Å²) in [4.78, 5) is 12.6. The molecule has 1 N–H and O–H groups in total. The third-order valence-corrected chi connectivity index (χ3v) is 6.92. The number of benzene rings is 3. The van der Waals surface area contributed by atoms with Gasteiger partial charge in [-0.25, -0.2) is 18.2 Å². The van der Waals surface area contributed by atoms with Crippen molar-refractivity contribution < 1.29 is 27.1 Å². The molecule has 0 spiro atoms. The van der Waals surface area contributed by atoms with Gasteiger partial charge in [0.2, 0.25) is 10.0 Å². The van der Waals surface area contributed by atoms with Crippen LogP contribution in [0.4, 0.5) is 4.39 Å². The highest BCUT2D eigenvalue weighted by atomic mass is 32.2. The molecule has 0 fully saturated rings. The van der Waals surface area contributed by atoms with Crippen molar-refractivity contribution in [1.29, 1.82) is 0 Å². The first-order valence-electron chi connectivity index (χ1n) is 10.6. The molecule has 0 aromatic heterocycles. The summed E-state index contributed by atoms with van der Waals surface area (Å²) < 4.78 is 52.2. The van der Waals surface area contributed by atoms with Crippen molar-refractivity contribution in [1.82, 2.24) is 9.73 Å². The first-order valence-corrected chi connectivity index (χ1v) is 12.0. The van der Waals surface area contributed by atoms with Crippen molar-refractivity contribution in [2.24, 2.45) is 5.10 Å².